The molecule has 1 N–H and O–H groups in total. The third kappa shape index (κ3) is 4.89. The summed E-state index contributed by atoms with van der Waals surface area (Å²) in [6, 6.07) is 8.21. The standard InChI is InChI=1S/C17H26O3/c1-2-3-14-4-6-16(7-5-14)17(18)13-20-12-15-8-10-19-11-9-15/h4-7,15,17-18H,2-3,8-13H2,1H3. The summed E-state index contributed by atoms with van der Waals surface area (Å²) in [5.74, 6) is 0.586. The molecule has 1 saturated heterocycles. The normalized spacial score (nSPS) is 18.1. The van der Waals surface area contributed by atoms with Crippen LogP contribution in [0.2, 0.25) is 0 Å². The molecule has 2 rings (SSSR count). The lowest BCUT2D eigenvalue weighted by Crippen LogP contribution is -2.21. The third-order valence-electron chi connectivity index (χ3n) is 3.87. The molecular formula is C17H26O3. The second-order valence-corrected chi connectivity index (χ2v) is 5.60. The Morgan fingerprint density at radius 1 is 1.25 bits per heavy atom. The van der Waals surface area contributed by atoms with Crippen LogP contribution in [0.5, 0.6) is 0 Å². The zero-order valence-corrected chi connectivity index (χ0v) is 12.4. The predicted octanol–water partition coefficient (Wildman–Crippen LogP) is 3.12. The minimum atomic E-state index is -0.523. The fourth-order valence-corrected chi connectivity index (χ4v) is 2.55. The van der Waals surface area contributed by atoms with Gasteiger partial charge in [0.2, 0.25) is 0 Å². The Hall–Kier alpha value is -0.900. The van der Waals surface area contributed by atoms with Gasteiger partial charge in [-0.15, -0.1) is 0 Å². The van der Waals surface area contributed by atoms with Crippen LogP contribution < -0.4 is 0 Å². The molecule has 0 bridgehead atoms. The summed E-state index contributed by atoms with van der Waals surface area (Å²) in [4.78, 5) is 0. The summed E-state index contributed by atoms with van der Waals surface area (Å²) in [6.45, 7) is 4.97. The first-order valence-corrected chi connectivity index (χ1v) is 7.72. The molecule has 1 aliphatic heterocycles. The molecule has 1 atom stereocenters. The van der Waals surface area contributed by atoms with Crippen LogP contribution in [-0.2, 0) is 15.9 Å². The molecule has 112 valence electrons. The zero-order chi connectivity index (χ0) is 14.2. The van der Waals surface area contributed by atoms with Crippen LogP contribution >= 0.6 is 0 Å². The van der Waals surface area contributed by atoms with Gasteiger partial charge in [-0.2, -0.15) is 0 Å². The van der Waals surface area contributed by atoms with E-state index in [0.717, 1.165) is 51.1 Å². The molecule has 0 aliphatic carbocycles. The van der Waals surface area contributed by atoms with Crippen LogP contribution in [0.25, 0.3) is 0 Å². The first-order valence-electron chi connectivity index (χ1n) is 7.72. The lowest BCUT2D eigenvalue weighted by Gasteiger charge is -2.22. The van der Waals surface area contributed by atoms with Crippen molar-refractivity contribution in [1.82, 2.24) is 0 Å². The van der Waals surface area contributed by atoms with E-state index in [1.54, 1.807) is 0 Å². The monoisotopic (exact) mass is 278 g/mol. The zero-order valence-electron chi connectivity index (χ0n) is 12.4. The number of aliphatic hydroxyl groups is 1. The molecule has 20 heavy (non-hydrogen) atoms. The predicted molar refractivity (Wildman–Crippen MR) is 79.8 cm³/mol. The average Bonchev–Trinajstić information content (AvgIpc) is 2.49. The van der Waals surface area contributed by atoms with Gasteiger partial charge < -0.3 is 14.6 Å². The molecule has 1 heterocycles. The highest BCUT2D eigenvalue weighted by molar-refractivity contribution is 5.24. The Bertz CT molecular complexity index is 368. The van der Waals surface area contributed by atoms with Crippen molar-refractivity contribution in [3.63, 3.8) is 0 Å². The van der Waals surface area contributed by atoms with Crippen molar-refractivity contribution in [2.45, 2.75) is 38.7 Å². The molecule has 1 aromatic rings. The van der Waals surface area contributed by atoms with E-state index >= 15 is 0 Å². The maximum atomic E-state index is 10.1. The van der Waals surface area contributed by atoms with E-state index in [1.165, 1.54) is 5.56 Å². The molecule has 1 unspecified atom stereocenters. The number of ether oxygens (including phenoxy) is 2. The van der Waals surface area contributed by atoms with Crippen LogP contribution in [0.4, 0.5) is 0 Å². The quantitative estimate of drug-likeness (QED) is 0.833. The third-order valence-corrected chi connectivity index (χ3v) is 3.87. The number of hydrogen-bond acceptors (Lipinski definition) is 3. The van der Waals surface area contributed by atoms with E-state index in [-0.39, 0.29) is 0 Å². The number of rotatable bonds is 7. The maximum Gasteiger partial charge on any atom is 0.102 e. The van der Waals surface area contributed by atoms with Crippen molar-refractivity contribution >= 4 is 0 Å². The Balaban J connectivity index is 1.71. The van der Waals surface area contributed by atoms with Crippen LogP contribution in [-0.4, -0.2) is 31.5 Å². The number of benzene rings is 1. The molecule has 3 heteroatoms. The van der Waals surface area contributed by atoms with Crippen LogP contribution in [0.15, 0.2) is 24.3 Å². The number of hydrogen-bond donors (Lipinski definition) is 1. The molecule has 0 radical (unpaired) electrons. The van der Waals surface area contributed by atoms with E-state index in [9.17, 15) is 5.11 Å². The summed E-state index contributed by atoms with van der Waals surface area (Å²) >= 11 is 0. The highest BCUT2D eigenvalue weighted by Gasteiger charge is 2.15. The molecule has 0 amide bonds. The van der Waals surface area contributed by atoms with Crippen molar-refractivity contribution in [3.8, 4) is 0 Å². The van der Waals surface area contributed by atoms with Gasteiger partial charge in [-0.05, 0) is 36.3 Å². The SMILES string of the molecule is CCCc1ccc(C(O)COCC2CCOCC2)cc1. The van der Waals surface area contributed by atoms with Crippen molar-refractivity contribution in [3.05, 3.63) is 35.4 Å². The highest BCUT2D eigenvalue weighted by atomic mass is 16.5. The molecule has 1 aromatic carbocycles. The summed E-state index contributed by atoms with van der Waals surface area (Å²) in [6.07, 6.45) is 3.86. The Kier molecular flexibility index (Phi) is 6.51. The molecule has 1 fully saturated rings. The Labute approximate surface area is 121 Å². The van der Waals surface area contributed by atoms with Crippen LogP contribution in [0.3, 0.4) is 0 Å². The molecular weight excluding hydrogens is 252 g/mol. The van der Waals surface area contributed by atoms with Gasteiger partial charge in [-0.25, -0.2) is 0 Å². The highest BCUT2D eigenvalue weighted by Crippen LogP contribution is 2.18. The fourth-order valence-electron chi connectivity index (χ4n) is 2.55. The van der Waals surface area contributed by atoms with Crippen molar-refractivity contribution < 1.29 is 14.6 Å². The topological polar surface area (TPSA) is 38.7 Å². The maximum absolute atomic E-state index is 10.1. The largest absolute Gasteiger partial charge is 0.386 e. The Morgan fingerprint density at radius 3 is 2.60 bits per heavy atom. The summed E-state index contributed by atoms with van der Waals surface area (Å²) < 4.78 is 11.0. The van der Waals surface area contributed by atoms with E-state index in [2.05, 4.69) is 19.1 Å². The van der Waals surface area contributed by atoms with Crippen LogP contribution in [0, 0.1) is 5.92 Å². The van der Waals surface area contributed by atoms with Gasteiger partial charge in [0.15, 0.2) is 0 Å². The van der Waals surface area contributed by atoms with Crippen molar-refractivity contribution in [2.75, 3.05) is 26.4 Å². The van der Waals surface area contributed by atoms with Gasteiger partial charge >= 0.3 is 0 Å². The van der Waals surface area contributed by atoms with Crippen LogP contribution in [0.1, 0.15) is 43.4 Å². The van der Waals surface area contributed by atoms with E-state index < -0.39 is 6.10 Å². The number of aryl methyl sites for hydroxylation is 1. The average molecular weight is 278 g/mol. The minimum Gasteiger partial charge on any atom is -0.386 e. The lowest BCUT2D eigenvalue weighted by atomic mass is 10.0. The van der Waals surface area contributed by atoms with E-state index in [1.807, 2.05) is 12.1 Å². The van der Waals surface area contributed by atoms with Crippen molar-refractivity contribution in [1.29, 1.82) is 0 Å². The summed E-state index contributed by atoms with van der Waals surface area (Å²) in [5.41, 5.74) is 2.27. The van der Waals surface area contributed by atoms with Gasteiger partial charge in [0.05, 0.1) is 6.61 Å². The summed E-state index contributed by atoms with van der Waals surface area (Å²) in [7, 11) is 0. The first-order chi connectivity index (χ1) is 9.79. The lowest BCUT2D eigenvalue weighted by molar-refractivity contribution is -0.00966. The van der Waals surface area contributed by atoms with Gasteiger partial charge in [0.1, 0.15) is 6.10 Å². The molecule has 0 spiro atoms. The van der Waals surface area contributed by atoms with Gasteiger partial charge in [0.25, 0.3) is 0 Å². The Morgan fingerprint density at radius 2 is 1.95 bits per heavy atom. The fraction of sp³-hybridized carbons (Fsp3) is 0.647. The molecule has 3 nitrogen and oxygen atoms in total. The van der Waals surface area contributed by atoms with Gasteiger partial charge in [-0.1, -0.05) is 37.6 Å². The van der Waals surface area contributed by atoms with E-state index in [0.29, 0.717) is 12.5 Å². The van der Waals surface area contributed by atoms with Crippen molar-refractivity contribution in [2.24, 2.45) is 5.92 Å². The van der Waals surface area contributed by atoms with E-state index in [4.69, 9.17) is 9.47 Å². The van der Waals surface area contributed by atoms with Gasteiger partial charge in [0, 0.05) is 19.8 Å². The van der Waals surface area contributed by atoms with Gasteiger partial charge in [-0.3, -0.25) is 0 Å². The molecule has 1 aliphatic rings. The first kappa shape index (κ1) is 15.5. The summed E-state index contributed by atoms with van der Waals surface area (Å²) in [5, 5.41) is 10.1. The molecule has 0 aromatic heterocycles. The second kappa shape index (κ2) is 8.40. The second-order valence-electron chi connectivity index (χ2n) is 5.60. The smallest absolute Gasteiger partial charge is 0.102 e. The minimum absolute atomic E-state index is 0.379. The molecule has 0 saturated carbocycles. The number of aliphatic hydroxyl groups excluding tert-OH is 1.